The molecule has 0 radical (unpaired) electrons. The number of rotatable bonds is 6. The molecule has 1 N–H and O–H groups in total. The van der Waals surface area contributed by atoms with Gasteiger partial charge in [0.2, 0.25) is 11.8 Å². The first kappa shape index (κ1) is 16.7. The highest BCUT2D eigenvalue weighted by Gasteiger charge is 2.24. The minimum absolute atomic E-state index is 0.00604. The Balaban J connectivity index is 2.89. The lowest BCUT2D eigenvalue weighted by Crippen LogP contribution is -2.46. The third-order valence-electron chi connectivity index (χ3n) is 3.14. The molecular weight excluding hydrogens is 320 g/mol. The summed E-state index contributed by atoms with van der Waals surface area (Å²) in [6.45, 7) is 4.16. The number of benzene rings is 1. The van der Waals surface area contributed by atoms with Crippen LogP contribution in [0.5, 0.6) is 0 Å². The number of carbonyl (C=O) groups excluding carboxylic acids is 2. The van der Waals surface area contributed by atoms with Gasteiger partial charge in [0.25, 0.3) is 0 Å². The predicted molar refractivity (Wildman–Crippen MR) is 83.1 cm³/mol. The third-order valence-corrected chi connectivity index (χ3v) is 3.67. The zero-order valence-electron chi connectivity index (χ0n) is 12.1. The highest BCUT2D eigenvalue weighted by molar-refractivity contribution is 9.10. The Kier molecular flexibility index (Phi) is 6.71. The number of amides is 2. The molecule has 0 saturated heterocycles. The second-order valence-corrected chi connectivity index (χ2v) is 5.60. The highest BCUT2D eigenvalue weighted by atomic mass is 79.9. The fourth-order valence-corrected chi connectivity index (χ4v) is 2.20. The number of hydrogen-bond donors (Lipinski definition) is 1. The summed E-state index contributed by atoms with van der Waals surface area (Å²) < 4.78 is 0.993. The van der Waals surface area contributed by atoms with E-state index in [4.69, 9.17) is 0 Å². The van der Waals surface area contributed by atoms with Crippen LogP contribution in [0.2, 0.25) is 0 Å². The number of nitrogens with zero attached hydrogens (tertiary/aromatic N) is 1. The van der Waals surface area contributed by atoms with Crippen molar-refractivity contribution < 1.29 is 9.59 Å². The SMILES string of the molecule is CCCC(=O)N(Cc1ccc(Br)cc1)[C@H](C)C(=O)NC. The lowest BCUT2D eigenvalue weighted by Gasteiger charge is -2.28. The van der Waals surface area contributed by atoms with Crippen molar-refractivity contribution in [1.82, 2.24) is 10.2 Å². The van der Waals surface area contributed by atoms with Gasteiger partial charge in [0.05, 0.1) is 0 Å². The number of carbonyl (C=O) groups is 2. The summed E-state index contributed by atoms with van der Waals surface area (Å²) in [5.74, 6) is -0.141. The van der Waals surface area contributed by atoms with Gasteiger partial charge < -0.3 is 10.2 Å². The molecule has 110 valence electrons. The number of hydrogen-bond acceptors (Lipinski definition) is 2. The van der Waals surface area contributed by atoms with Crippen LogP contribution in [0.1, 0.15) is 32.3 Å². The maximum Gasteiger partial charge on any atom is 0.242 e. The van der Waals surface area contributed by atoms with Gasteiger partial charge in [-0.15, -0.1) is 0 Å². The largest absolute Gasteiger partial charge is 0.357 e. The van der Waals surface area contributed by atoms with Gasteiger partial charge in [0.15, 0.2) is 0 Å². The van der Waals surface area contributed by atoms with Gasteiger partial charge in [-0.05, 0) is 31.0 Å². The van der Waals surface area contributed by atoms with E-state index < -0.39 is 6.04 Å². The Bertz CT molecular complexity index is 459. The standard InChI is InChI=1S/C15H21BrN2O2/c1-4-5-14(19)18(11(2)15(20)17-3)10-12-6-8-13(16)9-7-12/h6-9,11H,4-5,10H2,1-3H3,(H,17,20)/t11-/m1/s1. The number of nitrogens with one attached hydrogen (secondary N) is 1. The van der Waals surface area contributed by atoms with E-state index >= 15 is 0 Å². The van der Waals surface area contributed by atoms with Crippen molar-refractivity contribution in [2.75, 3.05) is 7.05 Å². The molecule has 2 amide bonds. The van der Waals surface area contributed by atoms with Crippen LogP contribution in [0.3, 0.4) is 0 Å². The van der Waals surface area contributed by atoms with Gasteiger partial charge in [-0.3, -0.25) is 9.59 Å². The lowest BCUT2D eigenvalue weighted by molar-refractivity contribution is -0.140. The van der Waals surface area contributed by atoms with Crippen molar-refractivity contribution in [3.8, 4) is 0 Å². The van der Waals surface area contributed by atoms with Crippen LogP contribution in [-0.4, -0.2) is 29.8 Å². The molecule has 0 aliphatic heterocycles. The van der Waals surface area contributed by atoms with Crippen LogP contribution in [0, 0.1) is 0 Å². The second kappa shape index (κ2) is 8.04. The summed E-state index contributed by atoms with van der Waals surface area (Å²) in [7, 11) is 1.58. The van der Waals surface area contributed by atoms with E-state index in [1.54, 1.807) is 18.9 Å². The monoisotopic (exact) mass is 340 g/mol. The zero-order valence-corrected chi connectivity index (χ0v) is 13.7. The van der Waals surface area contributed by atoms with Crippen LogP contribution in [0.4, 0.5) is 0 Å². The van der Waals surface area contributed by atoms with E-state index in [1.165, 1.54) is 0 Å². The highest BCUT2D eigenvalue weighted by Crippen LogP contribution is 2.15. The summed E-state index contributed by atoms with van der Waals surface area (Å²) in [6.07, 6.45) is 1.23. The lowest BCUT2D eigenvalue weighted by atomic mass is 10.1. The molecule has 0 saturated carbocycles. The Morgan fingerprint density at radius 1 is 1.30 bits per heavy atom. The molecule has 1 aromatic carbocycles. The molecule has 20 heavy (non-hydrogen) atoms. The Hall–Kier alpha value is -1.36. The van der Waals surface area contributed by atoms with E-state index in [-0.39, 0.29) is 11.8 Å². The summed E-state index contributed by atoms with van der Waals surface area (Å²) in [6, 6.07) is 7.30. The molecular formula is C15H21BrN2O2. The molecule has 1 aromatic rings. The fourth-order valence-electron chi connectivity index (χ4n) is 1.94. The van der Waals surface area contributed by atoms with Gasteiger partial charge >= 0.3 is 0 Å². The first-order valence-corrected chi connectivity index (χ1v) is 7.54. The van der Waals surface area contributed by atoms with Gasteiger partial charge in [0.1, 0.15) is 6.04 Å². The van der Waals surface area contributed by atoms with Gasteiger partial charge in [-0.1, -0.05) is 35.0 Å². The minimum Gasteiger partial charge on any atom is -0.357 e. The molecule has 0 aromatic heterocycles. The topological polar surface area (TPSA) is 49.4 Å². The minimum atomic E-state index is -0.470. The zero-order chi connectivity index (χ0) is 15.1. The smallest absolute Gasteiger partial charge is 0.242 e. The Morgan fingerprint density at radius 3 is 2.40 bits per heavy atom. The Labute approximate surface area is 128 Å². The van der Waals surface area contributed by atoms with Gasteiger partial charge in [-0.2, -0.15) is 0 Å². The van der Waals surface area contributed by atoms with Crippen LogP contribution in [0.15, 0.2) is 28.7 Å². The molecule has 4 nitrogen and oxygen atoms in total. The van der Waals surface area contributed by atoms with Crippen LogP contribution in [-0.2, 0) is 16.1 Å². The van der Waals surface area contributed by atoms with Crippen LogP contribution >= 0.6 is 15.9 Å². The Morgan fingerprint density at radius 2 is 1.90 bits per heavy atom. The number of halogens is 1. The average Bonchev–Trinajstić information content (AvgIpc) is 2.45. The van der Waals surface area contributed by atoms with Crippen LogP contribution < -0.4 is 5.32 Å². The molecule has 1 atom stereocenters. The molecule has 0 fully saturated rings. The van der Waals surface area contributed by atoms with Crippen molar-refractivity contribution in [2.24, 2.45) is 0 Å². The van der Waals surface area contributed by atoms with Gasteiger partial charge in [0, 0.05) is 24.5 Å². The summed E-state index contributed by atoms with van der Waals surface area (Å²) in [5, 5.41) is 2.60. The third kappa shape index (κ3) is 4.63. The summed E-state index contributed by atoms with van der Waals surface area (Å²) in [4.78, 5) is 25.6. The molecule has 0 bridgehead atoms. The second-order valence-electron chi connectivity index (χ2n) is 4.69. The van der Waals surface area contributed by atoms with Gasteiger partial charge in [-0.25, -0.2) is 0 Å². The normalized spacial score (nSPS) is 11.8. The quantitative estimate of drug-likeness (QED) is 0.865. The average molecular weight is 341 g/mol. The van der Waals surface area contributed by atoms with E-state index in [2.05, 4.69) is 21.2 Å². The summed E-state index contributed by atoms with van der Waals surface area (Å²) in [5.41, 5.74) is 1.01. The van der Waals surface area contributed by atoms with Crippen molar-refractivity contribution >= 4 is 27.7 Å². The van der Waals surface area contributed by atoms with Crippen molar-refractivity contribution in [2.45, 2.75) is 39.3 Å². The molecule has 0 unspecified atom stereocenters. The molecule has 0 aliphatic rings. The molecule has 0 aliphatic carbocycles. The maximum absolute atomic E-state index is 12.2. The molecule has 5 heteroatoms. The maximum atomic E-state index is 12.2. The van der Waals surface area contributed by atoms with E-state index in [0.717, 1.165) is 16.5 Å². The van der Waals surface area contributed by atoms with Crippen LogP contribution in [0.25, 0.3) is 0 Å². The molecule has 0 spiro atoms. The van der Waals surface area contributed by atoms with E-state index in [9.17, 15) is 9.59 Å². The van der Waals surface area contributed by atoms with E-state index in [0.29, 0.717) is 13.0 Å². The predicted octanol–water partition coefficient (Wildman–Crippen LogP) is 2.71. The molecule has 0 heterocycles. The molecule has 1 rings (SSSR count). The first-order valence-electron chi connectivity index (χ1n) is 6.75. The van der Waals surface area contributed by atoms with Crippen molar-refractivity contribution in [3.05, 3.63) is 34.3 Å². The summed E-state index contributed by atoms with van der Waals surface area (Å²) >= 11 is 3.38. The van der Waals surface area contributed by atoms with Crippen molar-refractivity contribution in [3.63, 3.8) is 0 Å². The fraction of sp³-hybridized carbons (Fsp3) is 0.467. The first-order chi connectivity index (χ1) is 9.49. The number of likely N-dealkylation sites (N-methyl/N-ethyl adjacent to an activating group) is 1. The van der Waals surface area contributed by atoms with E-state index in [1.807, 2.05) is 31.2 Å². The van der Waals surface area contributed by atoms with Crippen molar-refractivity contribution in [1.29, 1.82) is 0 Å².